The summed E-state index contributed by atoms with van der Waals surface area (Å²) in [6.45, 7) is 1.37. The van der Waals surface area contributed by atoms with Crippen molar-refractivity contribution < 1.29 is 14.3 Å². The lowest BCUT2D eigenvalue weighted by molar-refractivity contribution is 0.0985. The van der Waals surface area contributed by atoms with Gasteiger partial charge in [0.15, 0.2) is 16.6 Å². The number of amides is 1. The first kappa shape index (κ1) is 18.8. The molecule has 5 rings (SSSR count). The number of nitrogens with zero attached hydrogens (tertiary/aromatic N) is 3. The van der Waals surface area contributed by atoms with Crippen molar-refractivity contribution in [1.82, 2.24) is 9.97 Å². The average molecular weight is 438 g/mol. The van der Waals surface area contributed by atoms with Gasteiger partial charge in [0.1, 0.15) is 13.2 Å². The highest BCUT2D eigenvalue weighted by atomic mass is 35.5. The van der Waals surface area contributed by atoms with Gasteiger partial charge in [-0.1, -0.05) is 35.1 Å². The van der Waals surface area contributed by atoms with E-state index < -0.39 is 0 Å². The van der Waals surface area contributed by atoms with Crippen molar-refractivity contribution in [2.24, 2.45) is 0 Å². The summed E-state index contributed by atoms with van der Waals surface area (Å²) in [7, 11) is 0. The van der Waals surface area contributed by atoms with Crippen LogP contribution in [-0.4, -0.2) is 29.1 Å². The molecule has 2 aromatic heterocycles. The second-order valence-electron chi connectivity index (χ2n) is 6.72. The van der Waals surface area contributed by atoms with Crippen LogP contribution in [-0.2, 0) is 6.54 Å². The molecule has 0 bridgehead atoms. The van der Waals surface area contributed by atoms with Gasteiger partial charge in [0.2, 0.25) is 0 Å². The maximum absolute atomic E-state index is 13.4. The van der Waals surface area contributed by atoms with Crippen LogP contribution in [0.25, 0.3) is 10.2 Å². The maximum Gasteiger partial charge on any atom is 0.260 e. The van der Waals surface area contributed by atoms with Crippen LogP contribution in [0.1, 0.15) is 15.9 Å². The fourth-order valence-corrected chi connectivity index (χ4v) is 4.41. The monoisotopic (exact) mass is 437 g/mol. The Morgan fingerprint density at radius 3 is 2.70 bits per heavy atom. The molecule has 4 aromatic rings. The van der Waals surface area contributed by atoms with Gasteiger partial charge in [0, 0.05) is 35.1 Å². The molecule has 1 aliphatic heterocycles. The molecule has 0 unspecified atom stereocenters. The van der Waals surface area contributed by atoms with E-state index in [1.54, 1.807) is 41.6 Å². The molecule has 1 amide bonds. The van der Waals surface area contributed by atoms with Crippen LogP contribution in [0.5, 0.6) is 11.5 Å². The molecule has 0 saturated carbocycles. The molecule has 6 nitrogen and oxygen atoms in total. The predicted molar refractivity (Wildman–Crippen MR) is 117 cm³/mol. The molecule has 3 heterocycles. The SMILES string of the molecule is O=C(c1cccc(Cl)c1)N(Cc1cccnc1)c1nc2cc3c(cc2s1)OCCO3. The second kappa shape index (κ2) is 7.93. The topological polar surface area (TPSA) is 64.6 Å². The van der Waals surface area contributed by atoms with E-state index in [4.69, 9.17) is 26.1 Å². The molecule has 0 fully saturated rings. The number of hydrogen-bond acceptors (Lipinski definition) is 6. The molecule has 0 radical (unpaired) electrons. The highest BCUT2D eigenvalue weighted by Gasteiger charge is 2.23. The van der Waals surface area contributed by atoms with Gasteiger partial charge in [0.25, 0.3) is 5.91 Å². The Bertz CT molecular complexity index is 1190. The molecule has 8 heteroatoms. The Labute approximate surface area is 181 Å². The zero-order valence-corrected chi connectivity index (χ0v) is 17.3. The number of aromatic nitrogens is 2. The van der Waals surface area contributed by atoms with Crippen molar-refractivity contribution in [2.45, 2.75) is 6.54 Å². The highest BCUT2D eigenvalue weighted by Crippen LogP contribution is 2.39. The van der Waals surface area contributed by atoms with Crippen LogP contribution in [0.15, 0.2) is 60.9 Å². The molecule has 0 aliphatic carbocycles. The third-order valence-electron chi connectivity index (χ3n) is 4.65. The van der Waals surface area contributed by atoms with E-state index in [9.17, 15) is 4.79 Å². The first-order valence-corrected chi connectivity index (χ1v) is 10.5. The van der Waals surface area contributed by atoms with Crippen LogP contribution in [0, 0.1) is 0 Å². The fraction of sp³-hybridized carbons (Fsp3) is 0.136. The minimum atomic E-state index is -0.183. The van der Waals surface area contributed by atoms with E-state index in [-0.39, 0.29) is 5.91 Å². The maximum atomic E-state index is 13.4. The summed E-state index contributed by atoms with van der Waals surface area (Å²) in [5.41, 5.74) is 2.16. The lowest BCUT2D eigenvalue weighted by Crippen LogP contribution is -2.30. The summed E-state index contributed by atoms with van der Waals surface area (Å²) in [6.07, 6.45) is 3.45. The zero-order valence-electron chi connectivity index (χ0n) is 15.7. The molecule has 0 atom stereocenters. The summed E-state index contributed by atoms with van der Waals surface area (Å²) in [4.78, 5) is 23.9. The molecule has 1 aliphatic rings. The second-order valence-corrected chi connectivity index (χ2v) is 8.17. The number of anilines is 1. The van der Waals surface area contributed by atoms with E-state index in [0.29, 0.717) is 47.0 Å². The van der Waals surface area contributed by atoms with Gasteiger partial charge in [-0.15, -0.1) is 0 Å². The molecule has 2 aromatic carbocycles. The van der Waals surface area contributed by atoms with Gasteiger partial charge in [-0.05, 0) is 29.8 Å². The third kappa shape index (κ3) is 3.69. The number of halogens is 1. The molecular weight excluding hydrogens is 422 g/mol. The number of hydrogen-bond donors (Lipinski definition) is 0. The number of fused-ring (bicyclic) bond motifs is 2. The first-order chi connectivity index (χ1) is 14.7. The number of benzene rings is 2. The Morgan fingerprint density at radius 1 is 1.10 bits per heavy atom. The minimum Gasteiger partial charge on any atom is -0.486 e. The van der Waals surface area contributed by atoms with Crippen molar-refractivity contribution in [3.8, 4) is 11.5 Å². The molecule has 0 saturated heterocycles. The average Bonchev–Trinajstić information content (AvgIpc) is 3.18. The van der Waals surface area contributed by atoms with E-state index in [0.717, 1.165) is 15.8 Å². The molecular formula is C22H16ClN3O3S. The lowest BCUT2D eigenvalue weighted by atomic mass is 10.2. The quantitative estimate of drug-likeness (QED) is 0.451. The number of rotatable bonds is 4. The van der Waals surface area contributed by atoms with Crippen LogP contribution in [0.2, 0.25) is 5.02 Å². The first-order valence-electron chi connectivity index (χ1n) is 9.34. The van der Waals surface area contributed by atoms with Crippen molar-refractivity contribution in [2.75, 3.05) is 18.1 Å². The zero-order chi connectivity index (χ0) is 20.5. The highest BCUT2D eigenvalue weighted by molar-refractivity contribution is 7.22. The van der Waals surface area contributed by atoms with Crippen LogP contribution in [0.3, 0.4) is 0 Å². The van der Waals surface area contributed by atoms with E-state index >= 15 is 0 Å². The number of ether oxygens (including phenoxy) is 2. The van der Waals surface area contributed by atoms with Crippen LogP contribution < -0.4 is 14.4 Å². The summed E-state index contributed by atoms with van der Waals surface area (Å²) in [6, 6.07) is 14.5. The summed E-state index contributed by atoms with van der Waals surface area (Å²) in [5, 5.41) is 1.09. The summed E-state index contributed by atoms with van der Waals surface area (Å²) in [5.74, 6) is 1.19. The van der Waals surface area contributed by atoms with Crippen molar-refractivity contribution in [3.05, 3.63) is 77.1 Å². The molecule has 0 N–H and O–H groups in total. The van der Waals surface area contributed by atoms with Crippen LogP contribution >= 0.6 is 22.9 Å². The van der Waals surface area contributed by atoms with E-state index in [1.165, 1.54) is 11.3 Å². The van der Waals surface area contributed by atoms with Gasteiger partial charge in [-0.3, -0.25) is 14.7 Å². The molecule has 30 heavy (non-hydrogen) atoms. The summed E-state index contributed by atoms with van der Waals surface area (Å²) < 4.78 is 12.3. The van der Waals surface area contributed by atoms with Crippen molar-refractivity contribution in [1.29, 1.82) is 0 Å². The molecule has 0 spiro atoms. The van der Waals surface area contributed by atoms with Gasteiger partial charge >= 0.3 is 0 Å². The van der Waals surface area contributed by atoms with Gasteiger partial charge in [0.05, 0.1) is 16.8 Å². The lowest BCUT2D eigenvalue weighted by Gasteiger charge is -2.20. The number of pyridine rings is 1. The fourth-order valence-electron chi connectivity index (χ4n) is 3.25. The van der Waals surface area contributed by atoms with Gasteiger partial charge in [-0.25, -0.2) is 4.98 Å². The van der Waals surface area contributed by atoms with Crippen LogP contribution in [0.4, 0.5) is 5.13 Å². The number of carbonyl (C=O) groups is 1. The van der Waals surface area contributed by atoms with E-state index in [1.807, 2.05) is 24.3 Å². The Kier molecular flexibility index (Phi) is 4.98. The summed E-state index contributed by atoms with van der Waals surface area (Å²) >= 11 is 7.54. The standard InChI is InChI=1S/C22H16ClN3O3S/c23-16-5-1-4-15(9-16)21(27)26(13-14-3-2-6-24-12-14)22-25-17-10-18-19(11-20(17)30-22)29-8-7-28-18/h1-6,9-12H,7-8,13H2. The Balaban J connectivity index is 1.57. The molecule has 150 valence electrons. The van der Waals surface area contributed by atoms with Crippen molar-refractivity contribution in [3.63, 3.8) is 0 Å². The van der Waals surface area contributed by atoms with Crippen molar-refractivity contribution >= 4 is 44.2 Å². The Hall–Kier alpha value is -3.16. The smallest absolute Gasteiger partial charge is 0.260 e. The normalized spacial score (nSPS) is 12.7. The third-order valence-corrected chi connectivity index (χ3v) is 5.93. The number of thiazole rings is 1. The largest absolute Gasteiger partial charge is 0.486 e. The van der Waals surface area contributed by atoms with Gasteiger partial charge < -0.3 is 9.47 Å². The van der Waals surface area contributed by atoms with E-state index in [2.05, 4.69) is 4.98 Å². The number of carbonyl (C=O) groups excluding carboxylic acids is 1. The van der Waals surface area contributed by atoms with Gasteiger partial charge in [-0.2, -0.15) is 0 Å². The minimum absolute atomic E-state index is 0.183. The predicted octanol–water partition coefficient (Wildman–Crippen LogP) is 4.96. The Morgan fingerprint density at radius 2 is 1.93 bits per heavy atom.